The lowest BCUT2D eigenvalue weighted by Crippen LogP contribution is -2.08. The van der Waals surface area contributed by atoms with Crippen molar-refractivity contribution in [3.05, 3.63) is 12.7 Å². The predicted molar refractivity (Wildman–Crippen MR) is 121 cm³/mol. The van der Waals surface area contributed by atoms with Crippen LogP contribution in [0.2, 0.25) is 0 Å². The smallest absolute Gasteiger partial charge is 0.462 e. The van der Waals surface area contributed by atoms with Crippen LogP contribution in [0.1, 0.15) is 38.5 Å². The molecule has 0 aliphatic rings. The van der Waals surface area contributed by atoms with E-state index >= 15 is 0 Å². The maximum absolute atomic E-state index is 10.8. The molecule has 33 heavy (non-hydrogen) atoms. The van der Waals surface area contributed by atoms with Gasteiger partial charge in [0.2, 0.25) is 0 Å². The van der Waals surface area contributed by atoms with Gasteiger partial charge in [-0.3, -0.25) is 4.52 Å². The van der Waals surface area contributed by atoms with Crippen molar-refractivity contribution in [3.63, 3.8) is 0 Å². The summed E-state index contributed by atoms with van der Waals surface area (Å²) in [7, 11) is -4.37. The summed E-state index contributed by atoms with van der Waals surface area (Å²) in [5.74, 6) is -0.413. The zero-order valence-corrected chi connectivity index (χ0v) is 20.4. The molecule has 0 bridgehead atoms. The Morgan fingerprint density at radius 1 is 0.606 bits per heavy atom. The molecule has 0 aromatic heterocycles. The first-order valence-corrected chi connectivity index (χ1v) is 12.9. The Bertz CT molecular complexity index is 499. The van der Waals surface area contributed by atoms with Gasteiger partial charge >= 0.3 is 13.8 Å². The minimum absolute atomic E-state index is 0.0267. The largest absolute Gasteiger partial charge is 0.469 e. The van der Waals surface area contributed by atoms with Gasteiger partial charge in [0.15, 0.2) is 0 Å². The van der Waals surface area contributed by atoms with Gasteiger partial charge in [-0.15, -0.1) is 0 Å². The third-order valence-corrected chi connectivity index (χ3v) is 4.36. The van der Waals surface area contributed by atoms with E-state index in [1.807, 2.05) is 0 Å². The van der Waals surface area contributed by atoms with Crippen molar-refractivity contribution in [2.24, 2.45) is 0 Å². The summed E-state index contributed by atoms with van der Waals surface area (Å²) < 4.78 is 46.9. The van der Waals surface area contributed by atoms with Crippen molar-refractivity contribution in [2.75, 3.05) is 79.3 Å². The minimum atomic E-state index is -4.37. The first kappa shape index (κ1) is 32.1. The SMILES string of the molecule is C=CC(=O)OCCCOCCCOCCCOCCCOCCCOCCCOP(=O)(O)O. The molecule has 0 aromatic carbocycles. The Kier molecular flexibility index (Phi) is 23.6. The Balaban J connectivity index is 3.07. The second-order valence-electron chi connectivity index (χ2n) is 6.88. The highest BCUT2D eigenvalue weighted by Gasteiger charge is 2.12. The van der Waals surface area contributed by atoms with Crippen LogP contribution in [0.5, 0.6) is 0 Å². The molecular weight excluding hydrogens is 459 g/mol. The number of hydrogen-bond donors (Lipinski definition) is 2. The molecule has 0 atom stereocenters. The normalized spacial score (nSPS) is 11.6. The topological polar surface area (TPSA) is 139 Å². The van der Waals surface area contributed by atoms with Crippen molar-refractivity contribution in [1.82, 2.24) is 0 Å². The van der Waals surface area contributed by atoms with Crippen molar-refractivity contribution >= 4 is 13.8 Å². The summed E-state index contributed by atoms with van der Waals surface area (Å²) in [5.41, 5.74) is 0. The van der Waals surface area contributed by atoms with Gasteiger partial charge in [0.05, 0.1) is 13.2 Å². The van der Waals surface area contributed by atoms with Gasteiger partial charge in [-0.1, -0.05) is 6.58 Å². The van der Waals surface area contributed by atoms with Crippen LogP contribution in [0, 0.1) is 0 Å². The molecule has 0 unspecified atom stereocenters. The van der Waals surface area contributed by atoms with Gasteiger partial charge in [-0.25, -0.2) is 9.36 Å². The molecule has 0 fully saturated rings. The lowest BCUT2D eigenvalue weighted by Gasteiger charge is -2.08. The van der Waals surface area contributed by atoms with Gasteiger partial charge < -0.3 is 38.2 Å². The van der Waals surface area contributed by atoms with Crippen LogP contribution in [-0.2, 0) is 42.3 Å². The summed E-state index contributed by atoms with van der Waals surface area (Å²) in [5, 5.41) is 0. The summed E-state index contributed by atoms with van der Waals surface area (Å²) in [6, 6.07) is 0. The highest BCUT2D eigenvalue weighted by Crippen LogP contribution is 2.35. The first-order chi connectivity index (χ1) is 16.0. The van der Waals surface area contributed by atoms with Crippen LogP contribution >= 0.6 is 7.82 Å². The number of hydrogen-bond acceptors (Lipinski definition) is 9. The van der Waals surface area contributed by atoms with Crippen LogP contribution in [0.15, 0.2) is 12.7 Å². The molecule has 0 heterocycles. The summed E-state index contributed by atoms with van der Waals surface area (Å²) in [6.07, 6.45) is 5.48. The summed E-state index contributed by atoms with van der Waals surface area (Å²) >= 11 is 0. The number of ether oxygens (including phenoxy) is 6. The van der Waals surface area contributed by atoms with Gasteiger partial charge in [0.25, 0.3) is 0 Å². The van der Waals surface area contributed by atoms with Gasteiger partial charge in [0, 0.05) is 78.6 Å². The third kappa shape index (κ3) is 29.1. The molecule has 0 saturated carbocycles. The molecular formula is C21H41O11P. The van der Waals surface area contributed by atoms with E-state index in [9.17, 15) is 9.36 Å². The first-order valence-electron chi connectivity index (χ1n) is 11.3. The van der Waals surface area contributed by atoms with E-state index in [1.165, 1.54) is 0 Å². The van der Waals surface area contributed by atoms with E-state index in [0.29, 0.717) is 85.5 Å². The second kappa shape index (κ2) is 24.3. The van der Waals surface area contributed by atoms with E-state index in [-0.39, 0.29) is 6.61 Å². The number of carbonyl (C=O) groups excluding carboxylic acids is 1. The molecule has 0 aliphatic carbocycles. The molecule has 0 aliphatic heterocycles. The number of carbonyl (C=O) groups is 1. The van der Waals surface area contributed by atoms with Gasteiger partial charge in [0.1, 0.15) is 0 Å². The zero-order chi connectivity index (χ0) is 24.5. The predicted octanol–water partition coefficient (Wildman–Crippen LogP) is 2.25. The van der Waals surface area contributed by atoms with Crippen LogP contribution in [0.4, 0.5) is 0 Å². The van der Waals surface area contributed by atoms with Gasteiger partial charge in [-0.05, 0) is 32.1 Å². The lowest BCUT2D eigenvalue weighted by atomic mass is 10.4. The quantitative estimate of drug-likeness (QED) is 0.0782. The fraction of sp³-hybridized carbons (Fsp3) is 0.857. The molecule has 0 rings (SSSR count). The van der Waals surface area contributed by atoms with E-state index < -0.39 is 13.8 Å². The van der Waals surface area contributed by atoms with Crippen molar-refractivity contribution < 1.29 is 52.1 Å². The molecule has 0 spiro atoms. The molecule has 2 N–H and O–H groups in total. The average molecular weight is 501 g/mol. The van der Waals surface area contributed by atoms with Crippen LogP contribution in [0.3, 0.4) is 0 Å². The Morgan fingerprint density at radius 2 is 0.909 bits per heavy atom. The van der Waals surface area contributed by atoms with Gasteiger partial charge in [-0.2, -0.15) is 0 Å². The third-order valence-electron chi connectivity index (χ3n) is 3.85. The maximum Gasteiger partial charge on any atom is 0.469 e. The molecule has 196 valence electrons. The maximum atomic E-state index is 10.8. The molecule has 0 aromatic rings. The number of rotatable bonds is 26. The number of phosphoric ester groups is 1. The number of phosphoric acid groups is 1. The zero-order valence-electron chi connectivity index (χ0n) is 19.5. The van der Waals surface area contributed by atoms with E-state index in [2.05, 4.69) is 11.1 Å². The van der Waals surface area contributed by atoms with E-state index in [0.717, 1.165) is 31.8 Å². The second-order valence-corrected chi connectivity index (χ2v) is 8.12. The fourth-order valence-electron chi connectivity index (χ4n) is 2.30. The Hall–Kier alpha value is -0.880. The highest BCUT2D eigenvalue weighted by atomic mass is 31.2. The standard InChI is InChI=1S/C21H41O11P/c1-2-21(22)31-19-7-17-29-15-5-13-27-11-3-9-26-10-4-12-28-14-6-16-30-18-8-20-32-33(23,24)25/h2H,1,3-20H2,(H2,23,24,25). The average Bonchev–Trinajstić information content (AvgIpc) is 2.78. The Labute approximate surface area is 196 Å². The summed E-state index contributed by atoms with van der Waals surface area (Å²) in [4.78, 5) is 27.8. The molecule has 0 amide bonds. The van der Waals surface area contributed by atoms with Crippen molar-refractivity contribution in [1.29, 1.82) is 0 Å². The molecule has 11 nitrogen and oxygen atoms in total. The van der Waals surface area contributed by atoms with Crippen LogP contribution < -0.4 is 0 Å². The minimum Gasteiger partial charge on any atom is -0.462 e. The summed E-state index contributed by atoms with van der Waals surface area (Å²) in [6.45, 7) is 9.55. The lowest BCUT2D eigenvalue weighted by molar-refractivity contribution is -0.138. The van der Waals surface area contributed by atoms with Crippen molar-refractivity contribution in [2.45, 2.75) is 38.5 Å². The monoisotopic (exact) mass is 500 g/mol. The molecule has 0 radical (unpaired) electrons. The van der Waals surface area contributed by atoms with Crippen LogP contribution in [0.25, 0.3) is 0 Å². The fourth-order valence-corrected chi connectivity index (χ4v) is 2.67. The van der Waals surface area contributed by atoms with Crippen LogP contribution in [-0.4, -0.2) is 95.0 Å². The van der Waals surface area contributed by atoms with E-state index in [1.54, 1.807) is 0 Å². The molecule has 0 saturated heterocycles. The van der Waals surface area contributed by atoms with Crippen molar-refractivity contribution in [3.8, 4) is 0 Å². The Morgan fingerprint density at radius 3 is 1.21 bits per heavy atom. The van der Waals surface area contributed by atoms with E-state index in [4.69, 9.17) is 38.2 Å². The molecule has 12 heteroatoms. The number of esters is 1. The highest BCUT2D eigenvalue weighted by molar-refractivity contribution is 7.46.